The zero-order valence-electron chi connectivity index (χ0n) is 22.8. The number of carbonyl (C=O) groups excluding carboxylic acids is 2. The minimum atomic E-state index is -0.566. The van der Waals surface area contributed by atoms with Crippen molar-refractivity contribution in [3.63, 3.8) is 0 Å². The van der Waals surface area contributed by atoms with Crippen LogP contribution in [0, 0.1) is 11.2 Å². The Bertz CT molecular complexity index is 1120. The Labute approximate surface area is 218 Å². The SMILES string of the molecule is CCN(C(=O)c1cc(F)ccc1Oc1cncnc1N1CCC(C)(CNC(=O)OC(C)(C)C)C1)C(C)C. The van der Waals surface area contributed by atoms with Crippen LogP contribution < -0.4 is 15.0 Å². The van der Waals surface area contributed by atoms with E-state index in [9.17, 15) is 14.0 Å². The molecule has 1 fully saturated rings. The van der Waals surface area contributed by atoms with Crippen molar-refractivity contribution in [3.8, 4) is 11.5 Å². The van der Waals surface area contributed by atoms with Crippen molar-refractivity contribution in [3.05, 3.63) is 42.1 Å². The van der Waals surface area contributed by atoms with E-state index in [4.69, 9.17) is 9.47 Å². The number of rotatable bonds is 8. The lowest BCUT2D eigenvalue weighted by atomic mass is 9.90. The zero-order chi connectivity index (χ0) is 27.4. The largest absolute Gasteiger partial charge is 0.451 e. The standard InChI is InChI=1S/C27H38FN5O4/c1-8-33(18(2)3)24(34)20-13-19(28)9-10-21(20)36-22-14-29-17-31-23(22)32-12-11-27(7,16-32)15-30-25(35)37-26(4,5)6/h9-10,13-14,17-18H,8,11-12,15-16H2,1-7H3,(H,30,35). The van der Waals surface area contributed by atoms with Crippen LogP contribution in [0.25, 0.3) is 0 Å². The van der Waals surface area contributed by atoms with Crippen LogP contribution in [0.5, 0.6) is 11.5 Å². The van der Waals surface area contributed by atoms with E-state index >= 15 is 0 Å². The number of carbonyl (C=O) groups is 2. The molecule has 1 aromatic heterocycles. The van der Waals surface area contributed by atoms with Gasteiger partial charge in [-0.15, -0.1) is 0 Å². The van der Waals surface area contributed by atoms with Crippen LogP contribution in [0.15, 0.2) is 30.7 Å². The highest BCUT2D eigenvalue weighted by Crippen LogP contribution is 2.38. The van der Waals surface area contributed by atoms with Gasteiger partial charge in [-0.2, -0.15) is 0 Å². The van der Waals surface area contributed by atoms with E-state index < -0.39 is 17.5 Å². The third-order valence-corrected chi connectivity index (χ3v) is 6.19. The third kappa shape index (κ3) is 7.30. The number of benzene rings is 1. The van der Waals surface area contributed by atoms with Crippen LogP contribution in [0.3, 0.4) is 0 Å². The number of halogens is 1. The maximum atomic E-state index is 14.1. The molecule has 2 amide bonds. The van der Waals surface area contributed by atoms with Crippen molar-refractivity contribution in [2.75, 3.05) is 31.1 Å². The lowest BCUT2D eigenvalue weighted by Crippen LogP contribution is -2.40. The van der Waals surface area contributed by atoms with Crippen molar-refractivity contribution in [2.24, 2.45) is 5.41 Å². The summed E-state index contributed by atoms with van der Waals surface area (Å²) >= 11 is 0. The summed E-state index contributed by atoms with van der Waals surface area (Å²) in [5, 5.41) is 2.87. The topological polar surface area (TPSA) is 96.9 Å². The Hall–Kier alpha value is -3.43. The normalized spacial score (nSPS) is 17.6. The summed E-state index contributed by atoms with van der Waals surface area (Å²) in [6.45, 7) is 15.5. The average Bonchev–Trinajstić information content (AvgIpc) is 3.20. The highest BCUT2D eigenvalue weighted by molar-refractivity contribution is 5.97. The minimum absolute atomic E-state index is 0.0548. The number of anilines is 1. The first kappa shape index (κ1) is 28.1. The Kier molecular flexibility index (Phi) is 8.60. The Morgan fingerprint density at radius 2 is 2.00 bits per heavy atom. The molecule has 1 aliphatic heterocycles. The molecule has 1 aliphatic rings. The zero-order valence-corrected chi connectivity index (χ0v) is 22.8. The van der Waals surface area contributed by atoms with E-state index in [2.05, 4.69) is 27.1 Å². The number of nitrogens with zero attached hydrogens (tertiary/aromatic N) is 4. The summed E-state index contributed by atoms with van der Waals surface area (Å²) in [6.07, 6.45) is 3.33. The molecule has 2 heterocycles. The lowest BCUT2D eigenvalue weighted by molar-refractivity contribution is 0.0506. The van der Waals surface area contributed by atoms with Gasteiger partial charge in [-0.1, -0.05) is 6.92 Å². The molecule has 1 aromatic carbocycles. The van der Waals surface area contributed by atoms with Gasteiger partial charge in [0.05, 0.1) is 11.8 Å². The molecule has 9 nitrogen and oxygen atoms in total. The molecule has 0 radical (unpaired) electrons. The summed E-state index contributed by atoms with van der Waals surface area (Å²) < 4.78 is 25.7. The summed E-state index contributed by atoms with van der Waals surface area (Å²) in [7, 11) is 0. The van der Waals surface area contributed by atoms with Crippen LogP contribution in [0.1, 0.15) is 65.2 Å². The highest BCUT2D eigenvalue weighted by Gasteiger charge is 2.36. The van der Waals surface area contributed by atoms with Gasteiger partial charge in [0.15, 0.2) is 11.6 Å². The maximum Gasteiger partial charge on any atom is 0.407 e. The van der Waals surface area contributed by atoms with Gasteiger partial charge in [0, 0.05) is 37.6 Å². The van der Waals surface area contributed by atoms with E-state index in [-0.39, 0.29) is 28.7 Å². The summed E-state index contributed by atoms with van der Waals surface area (Å²) in [5.41, 5.74) is -0.642. The predicted molar refractivity (Wildman–Crippen MR) is 140 cm³/mol. The second-order valence-corrected chi connectivity index (χ2v) is 11.0. The van der Waals surface area contributed by atoms with Gasteiger partial charge < -0.3 is 24.6 Å². The fraction of sp³-hybridized carbons (Fsp3) is 0.556. The van der Waals surface area contributed by atoms with Crippen molar-refractivity contribution in [1.82, 2.24) is 20.2 Å². The van der Waals surface area contributed by atoms with E-state index in [1.165, 1.54) is 30.7 Å². The summed E-state index contributed by atoms with van der Waals surface area (Å²) in [5.74, 6) is 0.324. The summed E-state index contributed by atoms with van der Waals surface area (Å²) in [6, 6.07) is 3.85. The second-order valence-electron chi connectivity index (χ2n) is 11.0. The number of nitrogens with one attached hydrogen (secondary N) is 1. The number of alkyl carbamates (subject to hydrolysis) is 1. The van der Waals surface area contributed by atoms with Gasteiger partial charge in [-0.05, 0) is 66.2 Å². The smallest absolute Gasteiger partial charge is 0.407 e. The maximum absolute atomic E-state index is 14.1. The molecular formula is C27H38FN5O4. The summed E-state index contributed by atoms with van der Waals surface area (Å²) in [4.78, 5) is 37.6. The molecule has 2 aromatic rings. The molecule has 1 unspecified atom stereocenters. The number of aromatic nitrogens is 2. The fourth-order valence-corrected chi connectivity index (χ4v) is 4.34. The van der Waals surface area contributed by atoms with Crippen LogP contribution >= 0.6 is 0 Å². The van der Waals surface area contributed by atoms with E-state index in [0.717, 1.165) is 6.42 Å². The van der Waals surface area contributed by atoms with Gasteiger partial charge in [0.1, 0.15) is 23.5 Å². The van der Waals surface area contributed by atoms with E-state index in [1.807, 2.05) is 41.5 Å². The quantitative estimate of drug-likeness (QED) is 0.527. The monoisotopic (exact) mass is 515 g/mol. The van der Waals surface area contributed by atoms with Crippen molar-refractivity contribution >= 4 is 17.8 Å². The molecule has 1 saturated heterocycles. The molecule has 37 heavy (non-hydrogen) atoms. The molecule has 3 rings (SSSR count). The molecule has 1 N–H and O–H groups in total. The third-order valence-electron chi connectivity index (χ3n) is 6.19. The molecule has 0 aliphatic carbocycles. The van der Waals surface area contributed by atoms with Crippen LogP contribution in [0.4, 0.5) is 15.0 Å². The molecule has 202 valence electrons. The first-order valence-corrected chi connectivity index (χ1v) is 12.6. The predicted octanol–water partition coefficient (Wildman–Crippen LogP) is 5.02. The number of hydrogen-bond acceptors (Lipinski definition) is 7. The van der Waals surface area contributed by atoms with Crippen molar-refractivity contribution < 1.29 is 23.5 Å². The van der Waals surface area contributed by atoms with Gasteiger partial charge >= 0.3 is 6.09 Å². The average molecular weight is 516 g/mol. The molecule has 10 heteroatoms. The highest BCUT2D eigenvalue weighted by atomic mass is 19.1. The number of ether oxygens (including phenoxy) is 2. The second kappa shape index (κ2) is 11.3. The van der Waals surface area contributed by atoms with E-state index in [0.29, 0.717) is 37.7 Å². The van der Waals surface area contributed by atoms with Gasteiger partial charge in [-0.3, -0.25) is 4.79 Å². The molecule has 0 bridgehead atoms. The Morgan fingerprint density at radius 3 is 2.65 bits per heavy atom. The lowest BCUT2D eigenvalue weighted by Gasteiger charge is -2.27. The molecule has 0 spiro atoms. The molecule has 0 saturated carbocycles. The first-order chi connectivity index (χ1) is 17.3. The molecular weight excluding hydrogens is 477 g/mol. The van der Waals surface area contributed by atoms with E-state index in [1.54, 1.807) is 4.90 Å². The van der Waals surface area contributed by atoms with Crippen molar-refractivity contribution in [2.45, 2.75) is 66.5 Å². The Morgan fingerprint density at radius 1 is 1.27 bits per heavy atom. The van der Waals surface area contributed by atoms with Crippen LogP contribution in [-0.4, -0.2) is 64.7 Å². The fourth-order valence-electron chi connectivity index (χ4n) is 4.34. The van der Waals surface area contributed by atoms with Crippen molar-refractivity contribution in [1.29, 1.82) is 0 Å². The van der Waals surface area contributed by atoms with Crippen LogP contribution in [0.2, 0.25) is 0 Å². The molecule has 1 atom stereocenters. The first-order valence-electron chi connectivity index (χ1n) is 12.6. The van der Waals surface area contributed by atoms with Crippen LogP contribution in [-0.2, 0) is 4.74 Å². The Balaban J connectivity index is 1.79. The number of hydrogen-bond donors (Lipinski definition) is 1. The number of amides is 2. The van der Waals surface area contributed by atoms with Gasteiger partial charge in [0.25, 0.3) is 5.91 Å². The minimum Gasteiger partial charge on any atom is -0.451 e. The van der Waals surface area contributed by atoms with Gasteiger partial charge in [-0.25, -0.2) is 19.2 Å². The van der Waals surface area contributed by atoms with Gasteiger partial charge in [0.2, 0.25) is 0 Å².